The van der Waals surface area contributed by atoms with Crippen molar-refractivity contribution in [3.63, 3.8) is 0 Å². The molecule has 1 saturated heterocycles. The fourth-order valence-corrected chi connectivity index (χ4v) is 3.78. The van der Waals surface area contributed by atoms with Gasteiger partial charge in [0.2, 0.25) is 5.91 Å². The van der Waals surface area contributed by atoms with E-state index in [1.54, 1.807) is 24.7 Å². The van der Waals surface area contributed by atoms with E-state index in [0.717, 1.165) is 21.2 Å². The monoisotopic (exact) mass is 420 g/mol. The molecular weight excluding hydrogens is 402 g/mol. The van der Waals surface area contributed by atoms with Crippen LogP contribution in [0.3, 0.4) is 0 Å². The molecule has 0 N–H and O–H groups in total. The van der Waals surface area contributed by atoms with Crippen molar-refractivity contribution < 1.29 is 18.4 Å². The van der Waals surface area contributed by atoms with Crippen molar-refractivity contribution in [3.05, 3.63) is 72.1 Å². The minimum Gasteiger partial charge on any atom is -0.294 e. The number of likely N-dealkylation sites (tertiary alicyclic amines) is 1. The van der Waals surface area contributed by atoms with Crippen LogP contribution in [0.1, 0.15) is 29.6 Å². The molecule has 0 unspecified atom stereocenters. The normalized spacial score (nSPS) is 17.5. The van der Waals surface area contributed by atoms with E-state index in [-0.39, 0.29) is 18.6 Å². The molecule has 1 aromatic carbocycles. The van der Waals surface area contributed by atoms with Crippen molar-refractivity contribution in [3.8, 4) is 11.1 Å². The van der Waals surface area contributed by atoms with Crippen LogP contribution < -0.4 is 0 Å². The number of benzene rings is 1. The van der Waals surface area contributed by atoms with E-state index in [1.165, 1.54) is 6.20 Å². The highest BCUT2D eigenvalue weighted by Crippen LogP contribution is 2.33. The van der Waals surface area contributed by atoms with Crippen molar-refractivity contribution in [1.29, 1.82) is 0 Å². The Morgan fingerprint density at radius 1 is 1.10 bits per heavy atom. The van der Waals surface area contributed by atoms with Crippen molar-refractivity contribution >= 4 is 22.5 Å². The van der Waals surface area contributed by atoms with Gasteiger partial charge >= 0.3 is 6.17 Å². The first-order valence-corrected chi connectivity index (χ1v) is 9.73. The van der Waals surface area contributed by atoms with Gasteiger partial charge in [0, 0.05) is 54.1 Å². The van der Waals surface area contributed by atoms with Gasteiger partial charge in [-0.2, -0.15) is 0 Å². The smallest absolute Gasteiger partial charge is 0.294 e. The number of pyridine rings is 2. The largest absolute Gasteiger partial charge is 0.306 e. The van der Waals surface area contributed by atoms with Crippen LogP contribution in [0.25, 0.3) is 26.7 Å². The summed E-state index contributed by atoms with van der Waals surface area (Å²) in [6.45, 7) is 6.27. The molecule has 0 bridgehead atoms. The lowest BCUT2D eigenvalue weighted by Crippen LogP contribution is -2.35. The number of nitrogens with zero attached hydrogens (tertiary/aromatic N) is 4. The number of alkyl halides is 2. The van der Waals surface area contributed by atoms with Gasteiger partial charge in [0.15, 0.2) is 5.78 Å². The maximum atomic E-state index is 13.6. The summed E-state index contributed by atoms with van der Waals surface area (Å²) in [6.07, 6.45) is 4.31. The number of fused-ring (bicyclic) bond motifs is 1. The Bertz CT molecular complexity index is 1210. The van der Waals surface area contributed by atoms with Gasteiger partial charge in [0.05, 0.1) is 6.54 Å². The minimum absolute atomic E-state index is 0.139. The van der Waals surface area contributed by atoms with Crippen LogP contribution in [0.5, 0.6) is 0 Å². The molecule has 3 heterocycles. The van der Waals surface area contributed by atoms with Gasteiger partial charge in [0.1, 0.15) is 6.42 Å². The quantitative estimate of drug-likeness (QED) is 0.454. The zero-order valence-electron chi connectivity index (χ0n) is 16.5. The lowest BCUT2D eigenvalue weighted by molar-refractivity contribution is -0.132. The first-order valence-electron chi connectivity index (χ1n) is 9.73. The van der Waals surface area contributed by atoms with Gasteiger partial charge in [-0.15, -0.1) is 0 Å². The fraction of sp³-hybridized carbons (Fsp3) is 0.261. The number of hydrogen-bond donors (Lipinski definition) is 0. The van der Waals surface area contributed by atoms with Crippen molar-refractivity contribution in [2.45, 2.75) is 31.4 Å². The Labute approximate surface area is 177 Å². The van der Waals surface area contributed by atoms with E-state index in [1.807, 2.05) is 24.3 Å². The van der Waals surface area contributed by atoms with Gasteiger partial charge < -0.3 is 0 Å². The number of Topliss-reactive ketones (excluding diaryl/α,β-unsaturated/α-hetero) is 1. The highest BCUT2D eigenvalue weighted by atomic mass is 19.3. The third-order valence-corrected chi connectivity index (χ3v) is 5.35. The van der Waals surface area contributed by atoms with Crippen LogP contribution in [0.2, 0.25) is 0 Å². The van der Waals surface area contributed by atoms with Crippen LogP contribution in [-0.4, -0.2) is 45.2 Å². The van der Waals surface area contributed by atoms with E-state index in [4.69, 9.17) is 6.57 Å². The van der Waals surface area contributed by atoms with Gasteiger partial charge in [-0.25, -0.2) is 15.4 Å². The molecule has 6 nitrogen and oxygen atoms in total. The van der Waals surface area contributed by atoms with Crippen LogP contribution in [-0.2, 0) is 4.79 Å². The molecule has 1 atom stereocenters. The summed E-state index contributed by atoms with van der Waals surface area (Å²) in [5.74, 6) is -3.97. The minimum atomic E-state index is -3.07. The molecule has 1 fully saturated rings. The number of carbonyl (C=O) groups excluding carboxylic acids is 2. The van der Waals surface area contributed by atoms with Crippen molar-refractivity contribution in [1.82, 2.24) is 14.9 Å². The molecule has 0 spiro atoms. The number of halogens is 2. The number of aromatic nitrogens is 2. The summed E-state index contributed by atoms with van der Waals surface area (Å²) in [7, 11) is 0. The van der Waals surface area contributed by atoms with Gasteiger partial charge in [0.25, 0.3) is 5.92 Å². The molecule has 0 saturated carbocycles. The highest BCUT2D eigenvalue weighted by molar-refractivity contribution is 6.04. The Balaban J connectivity index is 1.52. The highest BCUT2D eigenvalue weighted by Gasteiger charge is 2.50. The molecule has 8 heteroatoms. The number of amides is 1. The SMILES string of the molecule is [C-]#[N+][C@@H]1CC(F)(F)CN1C(=O)CCC(=O)c1ccncc1-c1ccc2cnccc2c1. The second kappa shape index (κ2) is 8.19. The van der Waals surface area contributed by atoms with Gasteiger partial charge in [-0.3, -0.25) is 29.3 Å². The van der Waals surface area contributed by atoms with E-state index in [0.29, 0.717) is 11.1 Å². The van der Waals surface area contributed by atoms with E-state index in [9.17, 15) is 18.4 Å². The average Bonchev–Trinajstić information content (AvgIpc) is 3.11. The summed E-state index contributed by atoms with van der Waals surface area (Å²) < 4.78 is 27.2. The Hall–Kier alpha value is -3.73. The first-order chi connectivity index (χ1) is 14.9. The lowest BCUT2D eigenvalue weighted by Gasteiger charge is -2.16. The van der Waals surface area contributed by atoms with Crippen molar-refractivity contribution in [2.24, 2.45) is 0 Å². The lowest BCUT2D eigenvalue weighted by atomic mass is 9.96. The second-order valence-electron chi connectivity index (χ2n) is 7.47. The molecule has 0 aliphatic carbocycles. The van der Waals surface area contributed by atoms with Crippen LogP contribution in [0.15, 0.2) is 55.1 Å². The third kappa shape index (κ3) is 4.26. The third-order valence-electron chi connectivity index (χ3n) is 5.35. The second-order valence-corrected chi connectivity index (χ2v) is 7.47. The molecule has 2 aromatic heterocycles. The maximum Gasteiger partial charge on any atom is 0.306 e. The van der Waals surface area contributed by atoms with E-state index < -0.39 is 31.0 Å². The number of carbonyl (C=O) groups is 2. The predicted molar refractivity (Wildman–Crippen MR) is 110 cm³/mol. The number of hydrogen-bond acceptors (Lipinski definition) is 4. The predicted octanol–water partition coefficient (Wildman–Crippen LogP) is 4.37. The first kappa shape index (κ1) is 20.5. The van der Waals surface area contributed by atoms with Gasteiger partial charge in [-0.05, 0) is 29.1 Å². The van der Waals surface area contributed by atoms with Crippen LogP contribution >= 0.6 is 0 Å². The molecule has 1 aliphatic rings. The maximum absolute atomic E-state index is 13.6. The number of rotatable bonds is 5. The molecule has 4 rings (SSSR count). The summed E-state index contributed by atoms with van der Waals surface area (Å²) >= 11 is 0. The summed E-state index contributed by atoms with van der Waals surface area (Å²) in [5.41, 5.74) is 1.84. The molecule has 3 aromatic rings. The molecule has 1 amide bonds. The van der Waals surface area contributed by atoms with Gasteiger partial charge in [-0.1, -0.05) is 12.1 Å². The molecular formula is C23H18F2N4O2. The van der Waals surface area contributed by atoms with Crippen molar-refractivity contribution in [2.75, 3.05) is 6.54 Å². The molecule has 156 valence electrons. The standard InChI is InChI=1S/C23H18F2N4O2/c1-26-21-11-23(24,25)14-29(21)22(31)5-4-20(30)18-7-9-28-13-19(18)16-2-3-17-12-27-8-6-15(17)10-16/h2-3,6-10,12-13,21H,4-5,11,14H2/t21-/m0/s1. The van der Waals surface area contributed by atoms with Crippen LogP contribution in [0, 0.1) is 6.57 Å². The Kier molecular flexibility index (Phi) is 5.42. The Morgan fingerprint density at radius 2 is 1.87 bits per heavy atom. The Morgan fingerprint density at radius 3 is 2.68 bits per heavy atom. The topological polar surface area (TPSA) is 67.5 Å². The average molecular weight is 420 g/mol. The number of ketones is 1. The fourth-order valence-electron chi connectivity index (χ4n) is 3.78. The summed E-state index contributed by atoms with van der Waals surface area (Å²) in [4.78, 5) is 37.5. The summed E-state index contributed by atoms with van der Waals surface area (Å²) in [5, 5.41) is 1.93. The molecule has 0 radical (unpaired) electrons. The van der Waals surface area contributed by atoms with Crippen LogP contribution in [0.4, 0.5) is 8.78 Å². The zero-order chi connectivity index (χ0) is 22.0. The van der Waals surface area contributed by atoms with E-state index >= 15 is 0 Å². The molecule has 31 heavy (non-hydrogen) atoms. The zero-order valence-corrected chi connectivity index (χ0v) is 16.5. The molecule has 1 aliphatic heterocycles. The summed E-state index contributed by atoms with van der Waals surface area (Å²) in [6, 6.07) is 9.17. The van der Waals surface area contributed by atoms with E-state index in [2.05, 4.69) is 14.8 Å².